The highest BCUT2D eigenvalue weighted by molar-refractivity contribution is 5.79. The molecule has 0 heterocycles. The number of hydrogen-bond acceptors (Lipinski definition) is 4. The van der Waals surface area contributed by atoms with E-state index in [0.29, 0.717) is 17.2 Å². The summed E-state index contributed by atoms with van der Waals surface area (Å²) in [6, 6.07) is 3.53. The lowest BCUT2D eigenvalue weighted by molar-refractivity contribution is -0.175. The lowest BCUT2D eigenvalue weighted by atomic mass is 9.99. The number of phenols is 1. The van der Waals surface area contributed by atoms with Crippen molar-refractivity contribution >= 4 is 5.91 Å². The second-order valence-electron chi connectivity index (χ2n) is 5.91. The van der Waals surface area contributed by atoms with E-state index in [1.807, 2.05) is 6.07 Å². The van der Waals surface area contributed by atoms with Gasteiger partial charge in [0.25, 0.3) is 5.91 Å². The van der Waals surface area contributed by atoms with E-state index in [0.717, 1.165) is 23.5 Å². The number of aryl methyl sites for hydroxylation is 1. The summed E-state index contributed by atoms with van der Waals surface area (Å²) in [5, 5.41) is 11.0. The zero-order chi connectivity index (χ0) is 16.9. The normalized spacial score (nSPS) is 12.3. The van der Waals surface area contributed by atoms with Crippen molar-refractivity contribution in [2.75, 3.05) is 14.2 Å². The van der Waals surface area contributed by atoms with Crippen molar-refractivity contribution in [3.8, 4) is 11.5 Å². The highest BCUT2D eigenvalue weighted by atomic mass is 16.7. The standard InChI is InChI=1S/C17H27NO4/c1-11(2)7-8-14-9-10-15(19)12(3)16(14)22-13(4)17(20)18(5)21-6/h9-11,13,19H,7-8H2,1-6H3/t13-/m0/s1. The van der Waals surface area contributed by atoms with Crippen LogP contribution in [-0.4, -0.2) is 36.3 Å². The number of ether oxygens (including phenoxy) is 1. The van der Waals surface area contributed by atoms with E-state index >= 15 is 0 Å². The van der Waals surface area contributed by atoms with E-state index in [1.165, 1.54) is 14.2 Å². The number of hydrogen-bond donors (Lipinski definition) is 1. The Morgan fingerprint density at radius 1 is 1.32 bits per heavy atom. The molecule has 1 rings (SSSR count). The van der Waals surface area contributed by atoms with Crippen LogP contribution >= 0.6 is 0 Å². The van der Waals surface area contributed by atoms with Crippen molar-refractivity contribution in [1.29, 1.82) is 0 Å². The fourth-order valence-corrected chi connectivity index (χ4v) is 2.12. The van der Waals surface area contributed by atoms with Crippen LogP contribution in [0.5, 0.6) is 11.5 Å². The number of hydroxylamine groups is 2. The summed E-state index contributed by atoms with van der Waals surface area (Å²) in [5.41, 5.74) is 1.66. The van der Waals surface area contributed by atoms with E-state index in [9.17, 15) is 9.90 Å². The molecular weight excluding hydrogens is 282 g/mol. The minimum Gasteiger partial charge on any atom is -0.508 e. The van der Waals surface area contributed by atoms with Crippen LogP contribution in [0.2, 0.25) is 0 Å². The van der Waals surface area contributed by atoms with Gasteiger partial charge in [0.1, 0.15) is 11.5 Å². The number of amides is 1. The second-order valence-corrected chi connectivity index (χ2v) is 5.91. The maximum Gasteiger partial charge on any atom is 0.286 e. The van der Waals surface area contributed by atoms with Crippen molar-refractivity contribution in [1.82, 2.24) is 5.06 Å². The molecule has 0 saturated heterocycles. The van der Waals surface area contributed by atoms with Gasteiger partial charge in [-0.1, -0.05) is 19.9 Å². The molecule has 0 bridgehead atoms. The van der Waals surface area contributed by atoms with Crippen LogP contribution in [0.1, 0.15) is 38.3 Å². The summed E-state index contributed by atoms with van der Waals surface area (Å²) in [7, 11) is 2.97. The van der Waals surface area contributed by atoms with Crippen molar-refractivity contribution in [2.45, 2.75) is 46.6 Å². The van der Waals surface area contributed by atoms with Crippen LogP contribution in [0, 0.1) is 12.8 Å². The number of benzene rings is 1. The molecule has 0 aliphatic carbocycles. The lowest BCUT2D eigenvalue weighted by Crippen LogP contribution is -2.37. The highest BCUT2D eigenvalue weighted by Crippen LogP contribution is 2.33. The average molecular weight is 309 g/mol. The summed E-state index contributed by atoms with van der Waals surface area (Å²) in [6.07, 6.45) is 1.17. The first-order valence-electron chi connectivity index (χ1n) is 7.57. The summed E-state index contributed by atoms with van der Waals surface area (Å²) in [6.45, 7) is 7.79. The van der Waals surface area contributed by atoms with Crippen LogP contribution in [-0.2, 0) is 16.1 Å². The largest absolute Gasteiger partial charge is 0.508 e. The Kier molecular flexibility index (Phi) is 6.68. The second kappa shape index (κ2) is 8.03. The van der Waals surface area contributed by atoms with Crippen LogP contribution < -0.4 is 4.74 Å². The fourth-order valence-electron chi connectivity index (χ4n) is 2.12. The average Bonchev–Trinajstić information content (AvgIpc) is 2.49. The number of likely N-dealkylation sites (N-methyl/N-ethyl adjacent to an activating group) is 1. The van der Waals surface area contributed by atoms with Crippen molar-refractivity contribution in [2.24, 2.45) is 5.92 Å². The highest BCUT2D eigenvalue weighted by Gasteiger charge is 2.22. The summed E-state index contributed by atoms with van der Waals surface area (Å²) >= 11 is 0. The van der Waals surface area contributed by atoms with E-state index in [4.69, 9.17) is 9.57 Å². The molecule has 0 radical (unpaired) electrons. The first kappa shape index (κ1) is 18.3. The lowest BCUT2D eigenvalue weighted by Gasteiger charge is -2.22. The van der Waals surface area contributed by atoms with Crippen molar-refractivity contribution in [3.05, 3.63) is 23.3 Å². The predicted octanol–water partition coefficient (Wildman–Crippen LogP) is 3.08. The minimum atomic E-state index is -0.691. The summed E-state index contributed by atoms with van der Waals surface area (Å²) in [4.78, 5) is 17.0. The third-order valence-corrected chi connectivity index (χ3v) is 3.68. The van der Waals surface area contributed by atoms with E-state index < -0.39 is 6.10 Å². The Labute approximate surface area is 132 Å². The molecule has 0 aliphatic heterocycles. The quantitative estimate of drug-likeness (QED) is 0.786. The van der Waals surface area contributed by atoms with Gasteiger partial charge in [-0.3, -0.25) is 9.63 Å². The molecule has 5 heteroatoms. The minimum absolute atomic E-state index is 0.169. The van der Waals surface area contributed by atoms with Crippen molar-refractivity contribution in [3.63, 3.8) is 0 Å². The molecule has 1 N–H and O–H groups in total. The number of rotatable bonds is 7. The Balaban J connectivity index is 3.00. The van der Waals surface area contributed by atoms with Gasteiger partial charge in [0.05, 0.1) is 7.11 Å². The molecule has 22 heavy (non-hydrogen) atoms. The number of phenolic OH excluding ortho intramolecular Hbond substituents is 1. The first-order valence-corrected chi connectivity index (χ1v) is 7.57. The number of carbonyl (C=O) groups excluding carboxylic acids is 1. The maximum atomic E-state index is 12.1. The molecule has 0 unspecified atom stereocenters. The molecule has 0 saturated carbocycles. The molecule has 1 aromatic carbocycles. The van der Waals surface area contributed by atoms with Crippen molar-refractivity contribution < 1.29 is 19.5 Å². The molecule has 1 atom stereocenters. The van der Waals surface area contributed by atoms with Crippen LogP contribution in [0.4, 0.5) is 0 Å². The monoisotopic (exact) mass is 309 g/mol. The summed E-state index contributed by atoms with van der Waals surface area (Å²) in [5.74, 6) is 1.05. The Morgan fingerprint density at radius 3 is 2.50 bits per heavy atom. The molecule has 1 amide bonds. The Bertz CT molecular complexity index is 514. The van der Waals surface area contributed by atoms with Crippen LogP contribution in [0.15, 0.2) is 12.1 Å². The molecule has 1 aromatic rings. The molecular formula is C17H27NO4. The fraction of sp³-hybridized carbons (Fsp3) is 0.588. The Morgan fingerprint density at radius 2 is 1.95 bits per heavy atom. The summed E-state index contributed by atoms with van der Waals surface area (Å²) < 4.78 is 5.84. The molecule has 124 valence electrons. The van der Waals surface area contributed by atoms with Gasteiger partial charge in [-0.05, 0) is 44.2 Å². The third kappa shape index (κ3) is 4.63. The zero-order valence-corrected chi connectivity index (χ0v) is 14.3. The molecule has 0 aliphatic rings. The van der Waals surface area contributed by atoms with Gasteiger partial charge in [-0.15, -0.1) is 0 Å². The predicted molar refractivity (Wildman–Crippen MR) is 85.9 cm³/mol. The van der Waals surface area contributed by atoms with Crippen LogP contribution in [0.3, 0.4) is 0 Å². The maximum absolute atomic E-state index is 12.1. The van der Waals surface area contributed by atoms with Gasteiger partial charge >= 0.3 is 0 Å². The molecule has 0 aromatic heterocycles. The number of carbonyl (C=O) groups is 1. The van der Waals surface area contributed by atoms with E-state index in [1.54, 1.807) is 19.9 Å². The molecule has 5 nitrogen and oxygen atoms in total. The van der Waals surface area contributed by atoms with Gasteiger partial charge in [-0.2, -0.15) is 0 Å². The molecule has 0 spiro atoms. The van der Waals surface area contributed by atoms with E-state index in [-0.39, 0.29) is 11.7 Å². The van der Waals surface area contributed by atoms with Gasteiger partial charge in [0.2, 0.25) is 0 Å². The van der Waals surface area contributed by atoms with Crippen LogP contribution in [0.25, 0.3) is 0 Å². The van der Waals surface area contributed by atoms with Gasteiger partial charge in [-0.25, -0.2) is 5.06 Å². The van der Waals surface area contributed by atoms with Gasteiger partial charge in [0, 0.05) is 12.6 Å². The SMILES string of the molecule is CON(C)C(=O)[C@H](C)Oc1c(CCC(C)C)ccc(O)c1C. The Hall–Kier alpha value is -1.75. The number of nitrogens with zero attached hydrogens (tertiary/aromatic N) is 1. The van der Waals surface area contributed by atoms with Gasteiger partial charge in [0.15, 0.2) is 6.10 Å². The van der Waals surface area contributed by atoms with E-state index in [2.05, 4.69) is 13.8 Å². The topological polar surface area (TPSA) is 59.0 Å². The smallest absolute Gasteiger partial charge is 0.286 e. The molecule has 0 fully saturated rings. The first-order chi connectivity index (χ1) is 10.3. The number of aromatic hydroxyl groups is 1. The zero-order valence-electron chi connectivity index (χ0n) is 14.3. The third-order valence-electron chi connectivity index (χ3n) is 3.68. The van der Waals surface area contributed by atoms with Gasteiger partial charge < -0.3 is 9.84 Å².